The van der Waals surface area contributed by atoms with Gasteiger partial charge in [-0.25, -0.2) is 0 Å². The van der Waals surface area contributed by atoms with E-state index in [1.807, 2.05) is 61.5 Å². The lowest BCUT2D eigenvalue weighted by atomic mass is 10.0. The first-order valence-electron chi connectivity index (χ1n) is 8.88. The van der Waals surface area contributed by atoms with Crippen molar-refractivity contribution >= 4 is 23.5 Å². The van der Waals surface area contributed by atoms with Crippen LogP contribution in [0.2, 0.25) is 0 Å². The van der Waals surface area contributed by atoms with Crippen molar-refractivity contribution in [3.8, 4) is 11.5 Å². The fourth-order valence-corrected chi connectivity index (χ4v) is 3.25. The van der Waals surface area contributed by atoms with E-state index in [4.69, 9.17) is 4.42 Å². The van der Waals surface area contributed by atoms with Gasteiger partial charge in [-0.3, -0.25) is 9.59 Å². The molecule has 144 valence electrons. The van der Waals surface area contributed by atoms with E-state index in [1.54, 1.807) is 0 Å². The molecule has 7 heteroatoms. The Hall–Kier alpha value is -2.93. The summed E-state index contributed by atoms with van der Waals surface area (Å²) < 4.78 is 5.62. The van der Waals surface area contributed by atoms with E-state index in [0.29, 0.717) is 17.5 Å². The molecule has 0 fully saturated rings. The van der Waals surface area contributed by atoms with Crippen molar-refractivity contribution < 1.29 is 14.0 Å². The first kappa shape index (κ1) is 19.8. The summed E-state index contributed by atoms with van der Waals surface area (Å²) in [5, 5.41) is 11.1. The second kappa shape index (κ2) is 9.32. The second-order valence-corrected chi connectivity index (χ2v) is 7.38. The van der Waals surface area contributed by atoms with E-state index in [9.17, 15) is 9.59 Å². The molecule has 1 heterocycles. The van der Waals surface area contributed by atoms with Gasteiger partial charge in [0.15, 0.2) is 5.78 Å². The van der Waals surface area contributed by atoms with E-state index in [2.05, 4.69) is 15.5 Å². The third-order valence-electron chi connectivity index (χ3n) is 4.11. The number of aromatic nitrogens is 2. The average Bonchev–Trinajstić information content (AvgIpc) is 3.16. The van der Waals surface area contributed by atoms with Gasteiger partial charge in [0.05, 0.1) is 11.8 Å². The van der Waals surface area contributed by atoms with Crippen LogP contribution >= 0.6 is 11.8 Å². The number of nitrogens with one attached hydrogen (secondary N) is 1. The summed E-state index contributed by atoms with van der Waals surface area (Å²) in [6.07, 6.45) is 0.463. The summed E-state index contributed by atoms with van der Waals surface area (Å²) in [5.74, 6) is 0.170. The van der Waals surface area contributed by atoms with Crippen molar-refractivity contribution in [2.24, 2.45) is 0 Å². The molecule has 28 heavy (non-hydrogen) atoms. The fraction of sp³-hybridized carbons (Fsp3) is 0.238. The van der Waals surface area contributed by atoms with E-state index < -0.39 is 6.04 Å². The maximum Gasteiger partial charge on any atom is 0.277 e. The van der Waals surface area contributed by atoms with Crippen molar-refractivity contribution in [3.63, 3.8) is 0 Å². The van der Waals surface area contributed by atoms with Gasteiger partial charge in [-0.05, 0) is 38.0 Å². The zero-order chi connectivity index (χ0) is 19.9. The summed E-state index contributed by atoms with van der Waals surface area (Å²) in [7, 11) is 0. The van der Waals surface area contributed by atoms with Gasteiger partial charge >= 0.3 is 0 Å². The zero-order valence-electron chi connectivity index (χ0n) is 15.7. The van der Waals surface area contributed by atoms with Crippen LogP contribution in [0.5, 0.6) is 0 Å². The average molecular weight is 395 g/mol. The van der Waals surface area contributed by atoms with Crippen LogP contribution in [-0.4, -0.2) is 33.7 Å². The van der Waals surface area contributed by atoms with E-state index >= 15 is 0 Å². The number of rotatable bonds is 8. The smallest absolute Gasteiger partial charge is 0.277 e. The Labute approximate surface area is 167 Å². The fourth-order valence-electron chi connectivity index (χ4n) is 2.67. The number of benzene rings is 2. The Kier molecular flexibility index (Phi) is 6.60. The molecular formula is C21H21N3O3S. The van der Waals surface area contributed by atoms with Crippen LogP contribution in [0.4, 0.5) is 0 Å². The van der Waals surface area contributed by atoms with Crippen molar-refractivity contribution in [2.75, 3.05) is 5.75 Å². The number of amides is 1. The van der Waals surface area contributed by atoms with Gasteiger partial charge in [-0.1, -0.05) is 59.8 Å². The number of nitrogens with zero attached hydrogens (tertiary/aromatic N) is 2. The van der Waals surface area contributed by atoms with Gasteiger partial charge in [0.2, 0.25) is 11.8 Å². The molecule has 0 radical (unpaired) electrons. The summed E-state index contributed by atoms with van der Waals surface area (Å²) in [4.78, 5) is 24.2. The topological polar surface area (TPSA) is 85.1 Å². The van der Waals surface area contributed by atoms with Crippen LogP contribution in [0, 0.1) is 6.92 Å². The minimum Gasteiger partial charge on any atom is -0.411 e. The first-order chi connectivity index (χ1) is 13.5. The predicted molar refractivity (Wildman–Crippen MR) is 108 cm³/mol. The molecule has 3 aromatic rings. The van der Waals surface area contributed by atoms with Crippen LogP contribution in [0.25, 0.3) is 11.5 Å². The Morgan fingerprint density at radius 2 is 1.89 bits per heavy atom. The molecule has 0 aliphatic rings. The number of thioether (sulfide) groups is 1. The van der Waals surface area contributed by atoms with Gasteiger partial charge in [0.25, 0.3) is 5.22 Å². The van der Waals surface area contributed by atoms with E-state index in [1.165, 1.54) is 6.92 Å². The van der Waals surface area contributed by atoms with E-state index in [-0.39, 0.29) is 17.4 Å². The zero-order valence-corrected chi connectivity index (χ0v) is 16.5. The Morgan fingerprint density at radius 3 is 2.61 bits per heavy atom. The molecule has 0 aliphatic heterocycles. The standard InChI is InChI=1S/C21H21N3O3S/c1-14-7-6-10-17(11-14)20-23-24-21(27-20)28-13-19(26)22-18(15(2)25)12-16-8-4-3-5-9-16/h3-11,18H,12-13H2,1-2H3,(H,22,26)/t18-/m0/s1. The number of ketones is 1. The van der Waals surface area contributed by atoms with Crippen LogP contribution < -0.4 is 5.32 Å². The maximum atomic E-state index is 12.3. The summed E-state index contributed by atoms with van der Waals surface area (Å²) in [6.45, 7) is 3.47. The predicted octanol–water partition coefficient (Wildman–Crippen LogP) is 3.45. The first-order valence-corrected chi connectivity index (χ1v) is 9.87. The largest absolute Gasteiger partial charge is 0.411 e. The van der Waals surface area contributed by atoms with E-state index in [0.717, 1.165) is 28.5 Å². The van der Waals surface area contributed by atoms with Crippen molar-refractivity contribution in [1.29, 1.82) is 0 Å². The third kappa shape index (κ3) is 5.53. The molecule has 1 aromatic heterocycles. The second-order valence-electron chi connectivity index (χ2n) is 6.45. The van der Waals surface area contributed by atoms with Crippen LogP contribution in [0.15, 0.2) is 64.2 Å². The van der Waals surface area contributed by atoms with Gasteiger partial charge in [-0.2, -0.15) is 0 Å². The molecule has 0 saturated carbocycles. The maximum absolute atomic E-state index is 12.3. The normalized spacial score (nSPS) is 11.8. The van der Waals surface area contributed by atoms with Crippen molar-refractivity contribution in [2.45, 2.75) is 31.5 Å². The van der Waals surface area contributed by atoms with Crippen LogP contribution in [0.3, 0.4) is 0 Å². The monoisotopic (exact) mass is 395 g/mol. The van der Waals surface area contributed by atoms with Crippen LogP contribution in [0.1, 0.15) is 18.1 Å². The number of carbonyl (C=O) groups excluding carboxylic acids is 2. The molecule has 3 rings (SSSR count). The highest BCUT2D eigenvalue weighted by molar-refractivity contribution is 7.99. The molecule has 2 aromatic carbocycles. The SMILES string of the molecule is CC(=O)[C@H](Cc1ccccc1)NC(=O)CSc1nnc(-c2cccc(C)c2)o1. The summed E-state index contributed by atoms with van der Waals surface area (Å²) >= 11 is 1.14. The molecular weight excluding hydrogens is 374 g/mol. The van der Waals surface area contributed by atoms with Crippen molar-refractivity contribution in [1.82, 2.24) is 15.5 Å². The highest BCUT2D eigenvalue weighted by Gasteiger charge is 2.18. The summed E-state index contributed by atoms with van der Waals surface area (Å²) in [6, 6.07) is 16.8. The van der Waals surface area contributed by atoms with Gasteiger partial charge in [0.1, 0.15) is 0 Å². The Morgan fingerprint density at radius 1 is 1.11 bits per heavy atom. The number of hydrogen-bond acceptors (Lipinski definition) is 6. The highest BCUT2D eigenvalue weighted by atomic mass is 32.2. The molecule has 0 aliphatic carbocycles. The van der Waals surface area contributed by atoms with Gasteiger partial charge < -0.3 is 9.73 Å². The number of Topliss-reactive ketones (excluding diaryl/α,β-unsaturated/α-hetero) is 1. The Bertz CT molecular complexity index is 956. The summed E-state index contributed by atoms with van der Waals surface area (Å²) in [5.41, 5.74) is 2.93. The molecule has 0 unspecified atom stereocenters. The lowest BCUT2D eigenvalue weighted by molar-refractivity contribution is -0.125. The number of hydrogen-bond donors (Lipinski definition) is 1. The third-order valence-corrected chi connectivity index (χ3v) is 4.93. The quantitative estimate of drug-likeness (QED) is 0.588. The Balaban J connectivity index is 1.55. The molecule has 0 spiro atoms. The van der Waals surface area contributed by atoms with Gasteiger partial charge in [0, 0.05) is 5.56 Å². The van der Waals surface area contributed by atoms with Gasteiger partial charge in [-0.15, -0.1) is 10.2 Å². The minimum atomic E-state index is -0.555. The molecule has 0 bridgehead atoms. The molecule has 6 nitrogen and oxygen atoms in total. The lowest BCUT2D eigenvalue weighted by Gasteiger charge is -2.15. The minimum absolute atomic E-state index is 0.0817. The lowest BCUT2D eigenvalue weighted by Crippen LogP contribution is -2.42. The molecule has 1 atom stereocenters. The number of carbonyl (C=O) groups is 2. The molecule has 1 amide bonds. The highest BCUT2D eigenvalue weighted by Crippen LogP contribution is 2.23. The van der Waals surface area contributed by atoms with Crippen LogP contribution in [-0.2, 0) is 16.0 Å². The molecule has 0 saturated heterocycles. The molecule has 1 N–H and O–H groups in total. The van der Waals surface area contributed by atoms with Crippen molar-refractivity contribution in [3.05, 3.63) is 65.7 Å². The number of aryl methyl sites for hydroxylation is 1.